The second-order valence-electron chi connectivity index (χ2n) is 4.99. The van der Waals surface area contributed by atoms with Crippen molar-refractivity contribution in [3.05, 3.63) is 0 Å². The van der Waals surface area contributed by atoms with Gasteiger partial charge in [-0.25, -0.2) is 0 Å². The van der Waals surface area contributed by atoms with E-state index >= 15 is 0 Å². The highest BCUT2D eigenvalue weighted by Gasteiger charge is 2.39. The molecule has 1 aliphatic carbocycles. The summed E-state index contributed by atoms with van der Waals surface area (Å²) in [5, 5.41) is 6.34. The van der Waals surface area contributed by atoms with Gasteiger partial charge in [0.25, 0.3) is 0 Å². The molecular formula is C11H20N2O2. The predicted octanol–water partition coefficient (Wildman–Crippen LogP) is 0.280. The van der Waals surface area contributed by atoms with Gasteiger partial charge in [-0.3, -0.25) is 4.79 Å². The van der Waals surface area contributed by atoms with E-state index < -0.39 is 0 Å². The zero-order valence-electron chi connectivity index (χ0n) is 9.51. The van der Waals surface area contributed by atoms with Crippen LogP contribution in [0.3, 0.4) is 0 Å². The Morgan fingerprint density at radius 3 is 2.80 bits per heavy atom. The molecule has 1 amide bonds. The maximum absolute atomic E-state index is 12.0. The molecule has 1 saturated carbocycles. The standard InChI is InChI=1S/C11H20N2O2/c1-11(3-4-12-7-11)10(14)13-8-5-9(6-8)15-2/h8-9,12H,3-7H2,1-2H3,(H,13,14). The van der Waals surface area contributed by atoms with Crippen LogP contribution in [0.4, 0.5) is 0 Å². The summed E-state index contributed by atoms with van der Waals surface area (Å²) in [6.45, 7) is 3.79. The molecule has 2 aliphatic rings. The summed E-state index contributed by atoms with van der Waals surface area (Å²) in [5.74, 6) is 0.201. The molecule has 0 spiro atoms. The molecule has 1 heterocycles. The average molecular weight is 212 g/mol. The molecule has 0 radical (unpaired) electrons. The van der Waals surface area contributed by atoms with Crippen molar-refractivity contribution < 1.29 is 9.53 Å². The maximum atomic E-state index is 12.0. The van der Waals surface area contributed by atoms with Gasteiger partial charge in [0.2, 0.25) is 5.91 Å². The number of methoxy groups -OCH3 is 1. The highest BCUT2D eigenvalue weighted by Crippen LogP contribution is 2.28. The normalized spacial score (nSPS) is 39.9. The van der Waals surface area contributed by atoms with Crippen LogP contribution in [0, 0.1) is 5.41 Å². The molecule has 4 nitrogen and oxygen atoms in total. The third-order valence-electron chi connectivity index (χ3n) is 3.68. The van der Waals surface area contributed by atoms with Gasteiger partial charge in [0, 0.05) is 19.7 Å². The van der Waals surface area contributed by atoms with Gasteiger partial charge in [-0.15, -0.1) is 0 Å². The summed E-state index contributed by atoms with van der Waals surface area (Å²) in [6, 6.07) is 0.333. The van der Waals surface area contributed by atoms with Gasteiger partial charge in [0.15, 0.2) is 0 Å². The van der Waals surface area contributed by atoms with Crippen LogP contribution in [0.2, 0.25) is 0 Å². The van der Waals surface area contributed by atoms with Crippen LogP contribution in [0.1, 0.15) is 26.2 Å². The molecule has 2 rings (SSSR count). The number of rotatable bonds is 3. The van der Waals surface area contributed by atoms with Gasteiger partial charge in [0.1, 0.15) is 0 Å². The quantitative estimate of drug-likeness (QED) is 0.706. The van der Waals surface area contributed by atoms with E-state index in [1.54, 1.807) is 7.11 Å². The average Bonchev–Trinajstić information content (AvgIpc) is 2.59. The highest BCUT2D eigenvalue weighted by atomic mass is 16.5. The minimum absolute atomic E-state index is 0.196. The number of nitrogens with one attached hydrogen (secondary N) is 2. The van der Waals surface area contributed by atoms with Crippen molar-refractivity contribution in [1.82, 2.24) is 10.6 Å². The van der Waals surface area contributed by atoms with E-state index in [0.717, 1.165) is 32.4 Å². The first-order chi connectivity index (χ1) is 7.14. The van der Waals surface area contributed by atoms with E-state index in [9.17, 15) is 4.79 Å². The van der Waals surface area contributed by atoms with E-state index in [-0.39, 0.29) is 11.3 Å². The predicted molar refractivity (Wildman–Crippen MR) is 57.6 cm³/mol. The van der Waals surface area contributed by atoms with Gasteiger partial charge in [-0.2, -0.15) is 0 Å². The summed E-state index contributed by atoms with van der Waals surface area (Å²) in [6.07, 6.45) is 3.22. The van der Waals surface area contributed by atoms with Gasteiger partial charge >= 0.3 is 0 Å². The monoisotopic (exact) mass is 212 g/mol. The molecular weight excluding hydrogens is 192 g/mol. The Morgan fingerprint density at radius 1 is 1.53 bits per heavy atom. The fourth-order valence-corrected chi connectivity index (χ4v) is 2.25. The second-order valence-corrected chi connectivity index (χ2v) is 4.99. The zero-order valence-corrected chi connectivity index (χ0v) is 9.51. The number of hydrogen-bond acceptors (Lipinski definition) is 3. The number of carbonyl (C=O) groups excluding carboxylic acids is 1. The Morgan fingerprint density at radius 2 is 2.27 bits per heavy atom. The van der Waals surface area contributed by atoms with Crippen molar-refractivity contribution >= 4 is 5.91 Å². The summed E-state index contributed by atoms with van der Waals surface area (Å²) in [4.78, 5) is 12.0. The van der Waals surface area contributed by atoms with E-state index in [0.29, 0.717) is 12.1 Å². The Labute approximate surface area is 90.8 Å². The number of hydrogen-bond donors (Lipinski definition) is 2. The van der Waals surface area contributed by atoms with Crippen LogP contribution in [0.5, 0.6) is 0 Å². The van der Waals surface area contributed by atoms with E-state index in [4.69, 9.17) is 4.74 Å². The van der Waals surface area contributed by atoms with Crippen LogP contribution in [-0.2, 0) is 9.53 Å². The number of ether oxygens (including phenoxy) is 1. The zero-order chi connectivity index (χ0) is 10.9. The van der Waals surface area contributed by atoms with Gasteiger partial charge in [-0.05, 0) is 32.7 Å². The first-order valence-corrected chi connectivity index (χ1v) is 5.68. The van der Waals surface area contributed by atoms with E-state index in [1.165, 1.54) is 0 Å². The summed E-state index contributed by atoms with van der Waals surface area (Å²) in [5.41, 5.74) is -0.196. The molecule has 15 heavy (non-hydrogen) atoms. The SMILES string of the molecule is COC1CC(NC(=O)C2(C)CCNC2)C1. The lowest BCUT2D eigenvalue weighted by molar-refractivity contribution is -0.131. The van der Waals surface area contributed by atoms with Crippen LogP contribution in [0.25, 0.3) is 0 Å². The van der Waals surface area contributed by atoms with Gasteiger partial charge in [-0.1, -0.05) is 0 Å². The molecule has 1 aliphatic heterocycles. The summed E-state index contributed by atoms with van der Waals surface area (Å²) >= 11 is 0. The van der Waals surface area contributed by atoms with Crippen LogP contribution >= 0.6 is 0 Å². The summed E-state index contributed by atoms with van der Waals surface area (Å²) < 4.78 is 5.18. The molecule has 0 aromatic rings. The largest absolute Gasteiger partial charge is 0.381 e. The van der Waals surface area contributed by atoms with Crippen LogP contribution in [-0.4, -0.2) is 38.3 Å². The molecule has 86 valence electrons. The number of carbonyl (C=O) groups is 1. The molecule has 2 N–H and O–H groups in total. The minimum Gasteiger partial charge on any atom is -0.381 e. The van der Waals surface area contributed by atoms with Gasteiger partial charge < -0.3 is 15.4 Å². The lowest BCUT2D eigenvalue weighted by Gasteiger charge is -2.36. The van der Waals surface area contributed by atoms with E-state index in [1.807, 2.05) is 6.92 Å². The molecule has 4 heteroatoms. The van der Waals surface area contributed by atoms with Crippen molar-refractivity contribution in [3.63, 3.8) is 0 Å². The second kappa shape index (κ2) is 4.10. The fourth-order valence-electron chi connectivity index (χ4n) is 2.25. The molecule has 1 saturated heterocycles. The molecule has 1 unspecified atom stereocenters. The molecule has 1 atom stereocenters. The van der Waals surface area contributed by atoms with E-state index in [2.05, 4.69) is 10.6 Å². The van der Waals surface area contributed by atoms with Crippen molar-refractivity contribution in [3.8, 4) is 0 Å². The Balaban J connectivity index is 1.78. The lowest BCUT2D eigenvalue weighted by Crippen LogP contribution is -2.52. The fraction of sp³-hybridized carbons (Fsp3) is 0.909. The molecule has 0 aromatic carbocycles. The Bertz CT molecular complexity index is 243. The molecule has 0 aromatic heterocycles. The molecule has 0 bridgehead atoms. The highest BCUT2D eigenvalue weighted by molar-refractivity contribution is 5.83. The molecule has 2 fully saturated rings. The topological polar surface area (TPSA) is 50.4 Å². The summed E-state index contributed by atoms with van der Waals surface area (Å²) in [7, 11) is 1.73. The van der Waals surface area contributed by atoms with Crippen molar-refractivity contribution in [2.75, 3.05) is 20.2 Å². The Hall–Kier alpha value is -0.610. The smallest absolute Gasteiger partial charge is 0.227 e. The van der Waals surface area contributed by atoms with Gasteiger partial charge in [0.05, 0.1) is 11.5 Å². The van der Waals surface area contributed by atoms with Crippen molar-refractivity contribution in [2.45, 2.75) is 38.3 Å². The lowest BCUT2D eigenvalue weighted by atomic mass is 9.85. The van der Waals surface area contributed by atoms with Crippen LogP contribution < -0.4 is 10.6 Å². The maximum Gasteiger partial charge on any atom is 0.227 e. The van der Waals surface area contributed by atoms with Crippen LogP contribution in [0.15, 0.2) is 0 Å². The van der Waals surface area contributed by atoms with Crippen molar-refractivity contribution in [2.24, 2.45) is 5.41 Å². The first-order valence-electron chi connectivity index (χ1n) is 5.68. The van der Waals surface area contributed by atoms with Crippen molar-refractivity contribution in [1.29, 1.82) is 0 Å². The third-order valence-corrected chi connectivity index (χ3v) is 3.68. The third kappa shape index (κ3) is 2.16. The minimum atomic E-state index is -0.196. The first kappa shape index (κ1) is 10.9. The number of amides is 1. The Kier molecular flexibility index (Phi) is 2.98.